The Balaban J connectivity index is 1.47. The fraction of sp³-hybridized carbons (Fsp3) is 0.148. The number of ether oxygens (including phenoxy) is 1. The van der Waals surface area contributed by atoms with Gasteiger partial charge >= 0.3 is 11.7 Å². The summed E-state index contributed by atoms with van der Waals surface area (Å²) >= 11 is 18.6. The number of H-pyrrole nitrogens is 1. The maximum Gasteiger partial charge on any atom is 0.346 e. The minimum Gasteiger partial charge on any atom is -0.465 e. The van der Waals surface area contributed by atoms with Gasteiger partial charge in [-0.25, -0.2) is 19.3 Å². The average molecular weight is 584 g/mol. The van der Waals surface area contributed by atoms with Crippen LogP contribution in [0, 0.1) is 0 Å². The van der Waals surface area contributed by atoms with E-state index in [1.165, 1.54) is 16.4 Å². The number of nitrogens with zero attached hydrogens (tertiary/aromatic N) is 5. The van der Waals surface area contributed by atoms with Crippen molar-refractivity contribution in [3.8, 4) is 11.4 Å². The molecule has 0 unspecified atom stereocenters. The number of rotatable bonds is 8. The largest absolute Gasteiger partial charge is 0.465 e. The summed E-state index contributed by atoms with van der Waals surface area (Å²) in [6.07, 6.45) is 0.324. The molecule has 0 bridgehead atoms. The Morgan fingerprint density at radius 1 is 0.974 bits per heavy atom. The van der Waals surface area contributed by atoms with Gasteiger partial charge < -0.3 is 4.74 Å². The first-order chi connectivity index (χ1) is 18.8. The highest BCUT2D eigenvalue weighted by atomic mass is 35.5. The number of benzene rings is 3. The van der Waals surface area contributed by atoms with Crippen molar-refractivity contribution in [1.82, 2.24) is 29.5 Å². The highest BCUT2D eigenvalue weighted by Gasteiger charge is 2.18. The van der Waals surface area contributed by atoms with Crippen LogP contribution in [0.5, 0.6) is 0 Å². The Morgan fingerprint density at radius 2 is 1.69 bits per heavy atom. The third-order valence-electron chi connectivity index (χ3n) is 5.99. The molecule has 0 saturated carbocycles. The van der Waals surface area contributed by atoms with Crippen LogP contribution >= 0.6 is 34.8 Å². The summed E-state index contributed by atoms with van der Waals surface area (Å²) in [5, 5.41) is 13.3. The second-order valence-corrected chi connectivity index (χ2v) is 9.87. The highest BCUT2D eigenvalue weighted by Crippen LogP contribution is 2.26. The lowest BCUT2D eigenvalue weighted by molar-refractivity contribution is 0.0600. The summed E-state index contributed by atoms with van der Waals surface area (Å²) in [4.78, 5) is 30.1. The summed E-state index contributed by atoms with van der Waals surface area (Å²) in [7, 11) is 1.32. The zero-order chi connectivity index (χ0) is 27.5. The molecule has 0 aliphatic heterocycles. The zero-order valence-corrected chi connectivity index (χ0v) is 22.8. The fourth-order valence-corrected chi connectivity index (χ4v) is 4.74. The van der Waals surface area contributed by atoms with Crippen LogP contribution in [0.2, 0.25) is 15.1 Å². The van der Waals surface area contributed by atoms with Gasteiger partial charge in [-0.3, -0.25) is 9.67 Å². The van der Waals surface area contributed by atoms with Crippen LogP contribution in [0.3, 0.4) is 0 Å². The molecule has 2 heterocycles. The molecule has 0 fully saturated rings. The van der Waals surface area contributed by atoms with Gasteiger partial charge in [0, 0.05) is 27.1 Å². The third-order valence-corrected chi connectivity index (χ3v) is 6.95. The molecule has 2 aromatic heterocycles. The standard InChI is InChI=1S/C27H21Cl3N6O3/c1-39-26(37)18-5-2-4-16(12-18)14-35-25(17-8-10-19(28)11-9-17)34-36(27(35)38)15-24-31-23(32-33-24)13-20-21(29)6-3-7-22(20)30/h2-12H,13-15H2,1H3,(H,31,32,33). The fourth-order valence-electron chi connectivity index (χ4n) is 4.08. The van der Waals surface area contributed by atoms with Gasteiger partial charge in [0.15, 0.2) is 11.6 Å². The second-order valence-electron chi connectivity index (χ2n) is 8.62. The number of nitrogens with one attached hydrogen (secondary N) is 1. The maximum absolute atomic E-state index is 13.5. The Bertz CT molecular complexity index is 1690. The minimum atomic E-state index is -0.461. The van der Waals surface area contributed by atoms with Gasteiger partial charge in [-0.1, -0.05) is 53.0 Å². The number of hydrogen-bond donors (Lipinski definition) is 1. The molecule has 12 heteroatoms. The van der Waals surface area contributed by atoms with Gasteiger partial charge in [-0.2, -0.15) is 5.10 Å². The van der Waals surface area contributed by atoms with Crippen molar-refractivity contribution in [3.63, 3.8) is 0 Å². The summed E-state index contributed by atoms with van der Waals surface area (Å²) in [6.45, 7) is 0.228. The van der Waals surface area contributed by atoms with E-state index in [-0.39, 0.29) is 18.8 Å². The maximum atomic E-state index is 13.5. The summed E-state index contributed by atoms with van der Waals surface area (Å²) in [6, 6.07) is 19.2. The second kappa shape index (κ2) is 11.4. The molecule has 5 rings (SSSR count). The molecule has 0 spiro atoms. The van der Waals surface area contributed by atoms with E-state index in [9.17, 15) is 9.59 Å². The lowest BCUT2D eigenvalue weighted by atomic mass is 10.1. The number of esters is 1. The molecule has 5 aromatic rings. The molecule has 1 N–H and O–H groups in total. The Kier molecular flexibility index (Phi) is 7.83. The quantitative estimate of drug-likeness (QED) is 0.250. The third kappa shape index (κ3) is 5.90. The summed E-state index contributed by atoms with van der Waals surface area (Å²) in [5.74, 6) is 0.889. The van der Waals surface area contributed by atoms with Crippen LogP contribution < -0.4 is 5.69 Å². The molecular formula is C27H21Cl3N6O3. The number of carbonyl (C=O) groups excluding carboxylic acids is 1. The first-order valence-electron chi connectivity index (χ1n) is 11.8. The van der Waals surface area contributed by atoms with Gasteiger partial charge in [0.05, 0.1) is 19.2 Å². The van der Waals surface area contributed by atoms with Crippen LogP contribution in [0.1, 0.15) is 33.1 Å². The predicted octanol–water partition coefficient (Wildman–Crippen LogP) is 5.26. The van der Waals surface area contributed by atoms with Crippen LogP contribution in [0.4, 0.5) is 0 Å². The van der Waals surface area contributed by atoms with Gasteiger partial charge in [0.25, 0.3) is 0 Å². The van der Waals surface area contributed by atoms with Crippen LogP contribution in [-0.4, -0.2) is 42.6 Å². The van der Waals surface area contributed by atoms with E-state index in [0.717, 1.165) is 5.56 Å². The van der Waals surface area contributed by atoms with Crippen molar-refractivity contribution in [2.45, 2.75) is 19.5 Å². The Morgan fingerprint density at radius 3 is 2.41 bits per heavy atom. The number of halogens is 3. The Labute approximate surface area is 237 Å². The van der Waals surface area contributed by atoms with Gasteiger partial charge in [-0.05, 0) is 59.7 Å². The van der Waals surface area contributed by atoms with Crippen LogP contribution in [-0.2, 0) is 24.2 Å². The van der Waals surface area contributed by atoms with E-state index in [2.05, 4.69) is 20.3 Å². The normalized spacial score (nSPS) is 11.1. The van der Waals surface area contributed by atoms with E-state index in [4.69, 9.17) is 39.5 Å². The molecule has 3 aromatic carbocycles. The van der Waals surface area contributed by atoms with E-state index < -0.39 is 5.97 Å². The van der Waals surface area contributed by atoms with Crippen molar-refractivity contribution in [3.05, 3.63) is 121 Å². The van der Waals surface area contributed by atoms with E-state index >= 15 is 0 Å². The topological polar surface area (TPSA) is 108 Å². The van der Waals surface area contributed by atoms with Gasteiger partial charge in [0.1, 0.15) is 12.4 Å². The van der Waals surface area contributed by atoms with E-state index in [1.807, 2.05) is 6.07 Å². The molecule has 0 atom stereocenters. The van der Waals surface area contributed by atoms with Crippen LogP contribution in [0.15, 0.2) is 71.5 Å². The molecule has 198 valence electrons. The lowest BCUT2D eigenvalue weighted by Gasteiger charge is -2.07. The van der Waals surface area contributed by atoms with Crippen LogP contribution in [0.25, 0.3) is 11.4 Å². The monoisotopic (exact) mass is 582 g/mol. The molecule has 39 heavy (non-hydrogen) atoms. The van der Waals surface area contributed by atoms with Gasteiger partial charge in [-0.15, -0.1) is 5.10 Å². The number of hydrogen-bond acceptors (Lipinski definition) is 6. The molecule has 0 aliphatic rings. The molecule has 9 nitrogen and oxygen atoms in total. The first kappa shape index (κ1) is 26.7. The summed E-state index contributed by atoms with van der Waals surface area (Å²) in [5.41, 5.74) is 2.16. The van der Waals surface area contributed by atoms with Crippen molar-refractivity contribution in [2.24, 2.45) is 0 Å². The van der Waals surface area contributed by atoms with E-state index in [0.29, 0.717) is 55.7 Å². The van der Waals surface area contributed by atoms with Crippen molar-refractivity contribution in [2.75, 3.05) is 7.11 Å². The lowest BCUT2D eigenvalue weighted by Crippen LogP contribution is -2.26. The minimum absolute atomic E-state index is 0.0534. The zero-order valence-electron chi connectivity index (χ0n) is 20.6. The first-order valence-corrected chi connectivity index (χ1v) is 12.9. The number of aromatic amines is 1. The summed E-state index contributed by atoms with van der Waals surface area (Å²) < 4.78 is 7.66. The molecule has 0 radical (unpaired) electrons. The van der Waals surface area contributed by atoms with Crippen molar-refractivity contribution in [1.29, 1.82) is 0 Å². The van der Waals surface area contributed by atoms with Gasteiger partial charge in [0.2, 0.25) is 0 Å². The number of carbonyl (C=O) groups is 1. The van der Waals surface area contributed by atoms with Crippen molar-refractivity contribution < 1.29 is 9.53 Å². The van der Waals surface area contributed by atoms with Crippen molar-refractivity contribution >= 4 is 40.8 Å². The number of methoxy groups -OCH3 is 1. The highest BCUT2D eigenvalue weighted by molar-refractivity contribution is 6.36. The Hall–Kier alpha value is -3.92. The number of aromatic nitrogens is 6. The smallest absolute Gasteiger partial charge is 0.346 e. The molecule has 0 amide bonds. The molecular weight excluding hydrogens is 563 g/mol. The SMILES string of the molecule is COC(=O)c1cccc(Cn2c(-c3ccc(Cl)cc3)nn(Cc3nc(Cc4c(Cl)cccc4Cl)n[nH]3)c2=O)c1. The molecule has 0 aliphatic carbocycles. The predicted molar refractivity (Wildman–Crippen MR) is 149 cm³/mol. The van der Waals surface area contributed by atoms with E-state index in [1.54, 1.807) is 60.7 Å². The average Bonchev–Trinajstić information content (AvgIpc) is 3.50. The molecule has 0 saturated heterocycles.